The normalized spacial score (nSPS) is 19.5. The lowest BCUT2D eigenvalue weighted by atomic mass is 9.74. The maximum absolute atomic E-state index is 14.5. The first-order valence-corrected chi connectivity index (χ1v) is 12.0. The summed E-state index contributed by atoms with van der Waals surface area (Å²) < 4.78 is 28.9. The van der Waals surface area contributed by atoms with Gasteiger partial charge < -0.3 is 4.90 Å². The Morgan fingerprint density at radius 3 is 2.46 bits per heavy atom. The average Bonchev–Trinajstić information content (AvgIpc) is 3.67. The lowest BCUT2D eigenvalue weighted by molar-refractivity contribution is 0.0718. The van der Waals surface area contributed by atoms with Crippen LogP contribution < -0.4 is 5.56 Å². The number of aromatic nitrogens is 4. The van der Waals surface area contributed by atoms with E-state index in [1.807, 2.05) is 4.90 Å². The van der Waals surface area contributed by atoms with Crippen molar-refractivity contribution >= 4 is 5.91 Å². The molecular weight excluding hydrogens is 452 g/mol. The molecule has 5 rings (SSSR count). The van der Waals surface area contributed by atoms with Gasteiger partial charge in [-0.15, -0.1) is 0 Å². The van der Waals surface area contributed by atoms with Gasteiger partial charge in [-0.25, -0.2) is 13.9 Å². The van der Waals surface area contributed by atoms with Crippen LogP contribution in [0.2, 0.25) is 0 Å². The van der Waals surface area contributed by atoms with Crippen LogP contribution >= 0.6 is 0 Å². The van der Waals surface area contributed by atoms with E-state index in [4.69, 9.17) is 0 Å². The molecule has 1 amide bonds. The number of nitrogens with zero attached hydrogens (tertiary/aromatic N) is 4. The zero-order valence-electron chi connectivity index (χ0n) is 19.7. The molecule has 0 saturated heterocycles. The van der Waals surface area contributed by atoms with Gasteiger partial charge in [-0.3, -0.25) is 9.59 Å². The predicted molar refractivity (Wildman–Crippen MR) is 126 cm³/mol. The summed E-state index contributed by atoms with van der Waals surface area (Å²) >= 11 is 0. The zero-order chi connectivity index (χ0) is 24.7. The minimum Gasteiger partial charge on any atom is -0.334 e. The van der Waals surface area contributed by atoms with Crippen LogP contribution in [-0.2, 0) is 0 Å². The van der Waals surface area contributed by atoms with Gasteiger partial charge in [0.05, 0.1) is 17.0 Å². The summed E-state index contributed by atoms with van der Waals surface area (Å²) in [5, 5.41) is 14.9. The van der Waals surface area contributed by atoms with Gasteiger partial charge in [0.2, 0.25) is 0 Å². The van der Waals surface area contributed by atoms with E-state index in [2.05, 4.69) is 34.2 Å². The molecule has 0 bridgehead atoms. The van der Waals surface area contributed by atoms with Crippen molar-refractivity contribution in [3.63, 3.8) is 0 Å². The maximum atomic E-state index is 14.5. The van der Waals surface area contributed by atoms with Gasteiger partial charge in [-0.05, 0) is 67.3 Å². The monoisotopic (exact) mass is 479 g/mol. The van der Waals surface area contributed by atoms with E-state index >= 15 is 0 Å². The molecule has 2 aromatic heterocycles. The highest BCUT2D eigenvalue weighted by Gasteiger charge is 2.38. The fraction of sp³-hybridized carbons (Fsp3) is 0.423. The average molecular weight is 480 g/mol. The molecule has 182 valence electrons. The van der Waals surface area contributed by atoms with Crippen molar-refractivity contribution in [2.24, 2.45) is 5.92 Å². The van der Waals surface area contributed by atoms with Gasteiger partial charge in [0.1, 0.15) is 17.3 Å². The molecule has 35 heavy (non-hydrogen) atoms. The number of carbonyl (C=O) groups excluding carboxylic acids is 1. The summed E-state index contributed by atoms with van der Waals surface area (Å²) in [5.74, 6) is -1.15. The van der Waals surface area contributed by atoms with Crippen molar-refractivity contribution in [3.05, 3.63) is 75.3 Å². The molecule has 7 nitrogen and oxygen atoms in total. The molecule has 9 heteroatoms. The van der Waals surface area contributed by atoms with E-state index in [1.165, 1.54) is 30.3 Å². The second-order valence-corrected chi connectivity index (χ2v) is 9.79. The summed E-state index contributed by atoms with van der Waals surface area (Å²) in [7, 11) is 0. The van der Waals surface area contributed by atoms with Gasteiger partial charge in [-0.2, -0.15) is 15.3 Å². The van der Waals surface area contributed by atoms with Crippen LogP contribution in [0.3, 0.4) is 0 Å². The SMILES string of the molecule is CC(C)C1CCC(CN(C(=O)c2ccc(=O)[nH]n2)C2CC2)c2nnc(-c3c(F)cccc3F)cc21. The first kappa shape index (κ1) is 23.3. The molecule has 1 aromatic carbocycles. The molecule has 2 heterocycles. The third kappa shape index (κ3) is 4.59. The summed E-state index contributed by atoms with van der Waals surface area (Å²) in [6.45, 7) is 4.70. The van der Waals surface area contributed by atoms with Crippen molar-refractivity contribution in [2.45, 2.75) is 57.4 Å². The Hall–Kier alpha value is -3.49. The number of hydrogen-bond acceptors (Lipinski definition) is 5. The first-order chi connectivity index (χ1) is 16.8. The number of nitrogens with one attached hydrogen (secondary N) is 1. The van der Waals surface area contributed by atoms with Gasteiger partial charge in [0.15, 0.2) is 0 Å². The Bertz CT molecular complexity index is 1280. The number of aromatic amines is 1. The molecule has 1 N–H and O–H groups in total. The summed E-state index contributed by atoms with van der Waals surface area (Å²) in [6, 6.07) is 8.39. The van der Waals surface area contributed by atoms with Gasteiger partial charge >= 0.3 is 0 Å². The number of H-pyrrole nitrogens is 1. The van der Waals surface area contributed by atoms with Crippen molar-refractivity contribution < 1.29 is 13.6 Å². The highest BCUT2D eigenvalue weighted by atomic mass is 19.1. The minimum absolute atomic E-state index is 0.0562. The topological polar surface area (TPSA) is 91.8 Å². The number of benzene rings is 1. The lowest BCUT2D eigenvalue weighted by Crippen LogP contribution is -2.39. The van der Waals surface area contributed by atoms with Crippen molar-refractivity contribution in [1.82, 2.24) is 25.3 Å². The third-order valence-corrected chi connectivity index (χ3v) is 7.05. The first-order valence-electron chi connectivity index (χ1n) is 12.0. The standard InChI is InChI=1S/C26H27F2N5O2/c1-14(2)17-9-6-15(13-33(16-7-8-16)26(35)21-10-11-23(34)31-29-21)25-18(17)12-22(30-32-25)24-19(27)4-3-5-20(24)28/h3-5,10-12,14-17H,6-9,13H2,1-2H3,(H,31,34). The minimum atomic E-state index is -0.674. The largest absolute Gasteiger partial charge is 0.334 e. The van der Waals surface area contributed by atoms with Gasteiger partial charge in [0.25, 0.3) is 11.5 Å². The van der Waals surface area contributed by atoms with E-state index in [-0.39, 0.29) is 46.3 Å². The van der Waals surface area contributed by atoms with E-state index in [0.29, 0.717) is 12.5 Å². The third-order valence-electron chi connectivity index (χ3n) is 7.05. The number of hydrogen-bond donors (Lipinski definition) is 1. The molecular formula is C26H27F2N5O2. The Balaban J connectivity index is 1.49. The number of amides is 1. The fourth-order valence-corrected chi connectivity index (χ4v) is 5.07. The van der Waals surface area contributed by atoms with Crippen LogP contribution in [0.4, 0.5) is 8.78 Å². The molecule has 2 aliphatic carbocycles. The van der Waals surface area contributed by atoms with Crippen LogP contribution in [-0.4, -0.2) is 43.8 Å². The van der Waals surface area contributed by atoms with E-state index in [1.54, 1.807) is 6.07 Å². The van der Waals surface area contributed by atoms with Crippen LogP contribution in [0.1, 0.15) is 73.1 Å². The Kier molecular flexibility index (Phi) is 6.17. The summed E-state index contributed by atoms with van der Waals surface area (Å²) in [6.07, 6.45) is 3.54. The van der Waals surface area contributed by atoms with Gasteiger partial charge in [-0.1, -0.05) is 19.9 Å². The Labute approximate surface area is 201 Å². The summed E-state index contributed by atoms with van der Waals surface area (Å²) in [5.41, 5.74) is 1.56. The number of rotatable bonds is 6. The molecule has 1 saturated carbocycles. The quantitative estimate of drug-likeness (QED) is 0.565. The second-order valence-electron chi connectivity index (χ2n) is 9.79. The molecule has 2 aliphatic rings. The molecule has 1 fully saturated rings. The number of carbonyl (C=O) groups is 1. The van der Waals surface area contributed by atoms with E-state index < -0.39 is 11.6 Å². The molecule has 2 atom stereocenters. The highest BCUT2D eigenvalue weighted by molar-refractivity contribution is 5.92. The van der Waals surface area contributed by atoms with Crippen molar-refractivity contribution in [2.75, 3.05) is 6.54 Å². The molecule has 2 unspecified atom stereocenters. The van der Waals surface area contributed by atoms with Crippen LogP contribution in [0.5, 0.6) is 0 Å². The predicted octanol–water partition coefficient (Wildman–Crippen LogP) is 4.43. The molecule has 3 aromatic rings. The smallest absolute Gasteiger partial charge is 0.274 e. The lowest BCUT2D eigenvalue weighted by Gasteiger charge is -2.35. The maximum Gasteiger partial charge on any atom is 0.274 e. The molecule has 0 radical (unpaired) electrons. The van der Waals surface area contributed by atoms with Crippen LogP contribution in [0.25, 0.3) is 11.3 Å². The molecule has 0 aliphatic heterocycles. The highest BCUT2D eigenvalue weighted by Crippen LogP contribution is 2.44. The number of fused-ring (bicyclic) bond motifs is 1. The van der Waals surface area contributed by atoms with Crippen molar-refractivity contribution in [1.29, 1.82) is 0 Å². The van der Waals surface area contributed by atoms with E-state index in [9.17, 15) is 18.4 Å². The second kappa shape index (κ2) is 9.28. The Morgan fingerprint density at radius 1 is 1.09 bits per heavy atom. The van der Waals surface area contributed by atoms with Gasteiger partial charge in [0, 0.05) is 24.6 Å². The van der Waals surface area contributed by atoms with Crippen molar-refractivity contribution in [3.8, 4) is 11.3 Å². The molecule has 0 spiro atoms. The van der Waals surface area contributed by atoms with Crippen LogP contribution in [0, 0.1) is 17.6 Å². The summed E-state index contributed by atoms with van der Waals surface area (Å²) in [4.78, 5) is 26.4. The zero-order valence-corrected chi connectivity index (χ0v) is 19.7. The van der Waals surface area contributed by atoms with Crippen LogP contribution in [0.15, 0.2) is 41.2 Å². The Morgan fingerprint density at radius 2 is 1.83 bits per heavy atom. The fourth-order valence-electron chi connectivity index (χ4n) is 5.07. The van der Waals surface area contributed by atoms with E-state index in [0.717, 1.165) is 36.9 Å². The number of halogens is 2.